The van der Waals surface area contributed by atoms with Gasteiger partial charge in [0.25, 0.3) is 5.56 Å². The minimum absolute atomic E-state index is 0.0876. The van der Waals surface area contributed by atoms with E-state index in [1.165, 1.54) is 6.42 Å². The Morgan fingerprint density at radius 1 is 1.47 bits per heavy atom. The van der Waals surface area contributed by atoms with Crippen LogP contribution in [-0.2, 0) is 18.6 Å². The predicted octanol–water partition coefficient (Wildman–Crippen LogP) is 1.90. The van der Waals surface area contributed by atoms with Gasteiger partial charge in [-0.25, -0.2) is 4.98 Å². The van der Waals surface area contributed by atoms with E-state index in [0.29, 0.717) is 0 Å². The highest BCUT2D eigenvalue weighted by Gasteiger charge is 2.16. The number of nitrogens with one attached hydrogen (secondary N) is 1. The first-order chi connectivity index (χ1) is 7.31. The highest BCUT2D eigenvalue weighted by Crippen LogP contribution is 2.17. The van der Waals surface area contributed by atoms with Crippen molar-refractivity contribution in [3.8, 4) is 0 Å². The van der Waals surface area contributed by atoms with Crippen LogP contribution in [0.15, 0.2) is 4.79 Å². The molecule has 82 valence electrons. The van der Waals surface area contributed by atoms with Crippen LogP contribution in [-0.4, -0.2) is 15.7 Å². The SMILES string of the molecule is CCCSCc1nc2c(c(=O)[nH]1)CCC2. The number of aromatic amines is 1. The van der Waals surface area contributed by atoms with Crippen LogP contribution >= 0.6 is 11.8 Å². The fourth-order valence-corrected chi connectivity index (χ4v) is 2.64. The van der Waals surface area contributed by atoms with Crippen LogP contribution in [0.5, 0.6) is 0 Å². The summed E-state index contributed by atoms with van der Waals surface area (Å²) < 4.78 is 0. The van der Waals surface area contributed by atoms with E-state index in [1.807, 2.05) is 11.8 Å². The summed E-state index contributed by atoms with van der Waals surface area (Å²) >= 11 is 1.83. The van der Waals surface area contributed by atoms with Gasteiger partial charge >= 0.3 is 0 Å². The van der Waals surface area contributed by atoms with Crippen molar-refractivity contribution < 1.29 is 0 Å². The smallest absolute Gasteiger partial charge is 0.254 e. The molecule has 0 saturated carbocycles. The molecule has 0 radical (unpaired) electrons. The lowest BCUT2D eigenvalue weighted by molar-refractivity contribution is 0.893. The molecule has 2 rings (SSSR count). The summed E-state index contributed by atoms with van der Waals surface area (Å²) in [6, 6.07) is 0. The Hall–Kier alpha value is -0.770. The molecule has 0 bridgehead atoms. The van der Waals surface area contributed by atoms with Gasteiger partial charge in [-0.15, -0.1) is 0 Å². The van der Waals surface area contributed by atoms with Crippen LogP contribution < -0.4 is 5.56 Å². The quantitative estimate of drug-likeness (QED) is 0.795. The number of fused-ring (bicyclic) bond motifs is 1. The zero-order chi connectivity index (χ0) is 10.7. The Balaban J connectivity index is 2.13. The fraction of sp³-hybridized carbons (Fsp3) is 0.636. The van der Waals surface area contributed by atoms with Gasteiger partial charge in [0.15, 0.2) is 0 Å². The van der Waals surface area contributed by atoms with Crippen molar-refractivity contribution in [3.63, 3.8) is 0 Å². The van der Waals surface area contributed by atoms with Gasteiger partial charge in [-0.05, 0) is 31.4 Å². The molecule has 0 spiro atoms. The van der Waals surface area contributed by atoms with Gasteiger partial charge in [0.2, 0.25) is 0 Å². The van der Waals surface area contributed by atoms with Crippen LogP contribution in [0.2, 0.25) is 0 Å². The van der Waals surface area contributed by atoms with Crippen LogP contribution in [0, 0.1) is 0 Å². The van der Waals surface area contributed by atoms with Crippen molar-refractivity contribution in [1.82, 2.24) is 9.97 Å². The first-order valence-corrected chi connectivity index (χ1v) is 6.65. The number of nitrogens with zero attached hydrogens (tertiary/aromatic N) is 1. The number of aryl methyl sites for hydroxylation is 1. The molecule has 1 aliphatic carbocycles. The second-order valence-electron chi connectivity index (χ2n) is 3.84. The Bertz CT molecular complexity index is 400. The molecule has 0 amide bonds. The van der Waals surface area contributed by atoms with Crippen LogP contribution in [0.1, 0.15) is 36.8 Å². The predicted molar refractivity (Wildman–Crippen MR) is 63.3 cm³/mol. The number of thioether (sulfide) groups is 1. The topological polar surface area (TPSA) is 45.8 Å². The van der Waals surface area contributed by atoms with Gasteiger partial charge in [0.05, 0.1) is 11.4 Å². The Labute approximate surface area is 93.7 Å². The van der Waals surface area contributed by atoms with Crippen molar-refractivity contribution >= 4 is 11.8 Å². The van der Waals surface area contributed by atoms with E-state index >= 15 is 0 Å². The van der Waals surface area contributed by atoms with Crippen molar-refractivity contribution in [2.75, 3.05) is 5.75 Å². The lowest BCUT2D eigenvalue weighted by Crippen LogP contribution is -2.16. The van der Waals surface area contributed by atoms with E-state index in [9.17, 15) is 4.79 Å². The third-order valence-electron chi connectivity index (χ3n) is 2.58. The fourth-order valence-electron chi connectivity index (χ4n) is 1.87. The molecule has 0 saturated heterocycles. The Morgan fingerprint density at radius 3 is 3.13 bits per heavy atom. The van der Waals surface area contributed by atoms with Crippen molar-refractivity contribution in [2.24, 2.45) is 0 Å². The Kier molecular flexibility index (Phi) is 3.46. The third-order valence-corrected chi connectivity index (χ3v) is 3.75. The molecule has 3 nitrogen and oxygen atoms in total. The minimum atomic E-state index is 0.0876. The molecule has 0 unspecified atom stereocenters. The monoisotopic (exact) mass is 224 g/mol. The second kappa shape index (κ2) is 4.84. The molecule has 0 aliphatic heterocycles. The molecule has 0 aromatic carbocycles. The number of rotatable bonds is 4. The lowest BCUT2D eigenvalue weighted by Gasteiger charge is -2.03. The van der Waals surface area contributed by atoms with E-state index in [-0.39, 0.29) is 5.56 Å². The van der Waals surface area contributed by atoms with Crippen LogP contribution in [0.4, 0.5) is 0 Å². The van der Waals surface area contributed by atoms with Crippen LogP contribution in [0.25, 0.3) is 0 Å². The number of hydrogen-bond acceptors (Lipinski definition) is 3. The maximum absolute atomic E-state index is 11.7. The first kappa shape index (κ1) is 10.7. The molecule has 1 aromatic heterocycles. The minimum Gasteiger partial charge on any atom is -0.310 e. The van der Waals surface area contributed by atoms with Gasteiger partial charge in [0, 0.05) is 5.56 Å². The summed E-state index contributed by atoms with van der Waals surface area (Å²) in [5.74, 6) is 2.80. The number of H-pyrrole nitrogens is 1. The summed E-state index contributed by atoms with van der Waals surface area (Å²) in [4.78, 5) is 19.0. The summed E-state index contributed by atoms with van der Waals surface area (Å²) in [6.45, 7) is 2.16. The summed E-state index contributed by atoms with van der Waals surface area (Å²) in [6.07, 6.45) is 4.13. The number of hydrogen-bond donors (Lipinski definition) is 1. The van der Waals surface area contributed by atoms with E-state index < -0.39 is 0 Å². The van der Waals surface area contributed by atoms with Crippen LogP contribution in [0.3, 0.4) is 0 Å². The van der Waals surface area contributed by atoms with Gasteiger partial charge < -0.3 is 4.98 Å². The third kappa shape index (κ3) is 2.43. The van der Waals surface area contributed by atoms with E-state index in [2.05, 4.69) is 16.9 Å². The largest absolute Gasteiger partial charge is 0.310 e. The average molecular weight is 224 g/mol. The molecule has 0 atom stereocenters. The van der Waals surface area contributed by atoms with Gasteiger partial charge in [-0.2, -0.15) is 11.8 Å². The molecular formula is C11H16N2OS. The van der Waals surface area contributed by atoms with E-state index in [4.69, 9.17) is 0 Å². The summed E-state index contributed by atoms with van der Waals surface area (Å²) in [5.41, 5.74) is 2.04. The summed E-state index contributed by atoms with van der Waals surface area (Å²) in [7, 11) is 0. The van der Waals surface area contributed by atoms with Crippen molar-refractivity contribution in [2.45, 2.75) is 38.4 Å². The number of aromatic nitrogens is 2. The molecule has 1 aromatic rings. The van der Waals surface area contributed by atoms with E-state index in [0.717, 1.165) is 47.8 Å². The van der Waals surface area contributed by atoms with Gasteiger partial charge in [-0.3, -0.25) is 4.79 Å². The lowest BCUT2D eigenvalue weighted by atomic mass is 10.2. The van der Waals surface area contributed by atoms with Gasteiger partial charge in [-0.1, -0.05) is 6.92 Å². The molecule has 1 aliphatic rings. The Morgan fingerprint density at radius 2 is 2.33 bits per heavy atom. The zero-order valence-electron chi connectivity index (χ0n) is 9.01. The molecule has 1 N–H and O–H groups in total. The second-order valence-corrected chi connectivity index (χ2v) is 4.95. The molecule has 4 heteroatoms. The van der Waals surface area contributed by atoms with Crippen molar-refractivity contribution in [1.29, 1.82) is 0 Å². The summed E-state index contributed by atoms with van der Waals surface area (Å²) in [5, 5.41) is 0. The first-order valence-electron chi connectivity index (χ1n) is 5.50. The highest BCUT2D eigenvalue weighted by atomic mass is 32.2. The molecular weight excluding hydrogens is 208 g/mol. The standard InChI is InChI=1S/C11H16N2OS/c1-2-6-15-7-10-12-9-5-3-4-8(9)11(14)13-10/h2-7H2,1H3,(H,12,13,14). The maximum atomic E-state index is 11.7. The van der Waals surface area contributed by atoms with E-state index in [1.54, 1.807) is 0 Å². The normalized spacial score (nSPS) is 14.2. The maximum Gasteiger partial charge on any atom is 0.254 e. The average Bonchev–Trinajstić information content (AvgIpc) is 2.66. The van der Waals surface area contributed by atoms with Gasteiger partial charge in [0.1, 0.15) is 5.82 Å². The molecule has 15 heavy (non-hydrogen) atoms. The van der Waals surface area contributed by atoms with Crippen molar-refractivity contribution in [3.05, 3.63) is 27.4 Å². The molecule has 1 heterocycles. The molecule has 0 fully saturated rings. The highest BCUT2D eigenvalue weighted by molar-refractivity contribution is 7.98. The zero-order valence-corrected chi connectivity index (χ0v) is 9.82.